The number of hydrogen-bond donors (Lipinski definition) is 1. The van der Waals surface area contributed by atoms with Gasteiger partial charge in [0.05, 0.1) is 23.5 Å². The number of halogens is 2. The molecule has 0 amide bonds. The van der Waals surface area contributed by atoms with E-state index in [-0.39, 0.29) is 0 Å². The van der Waals surface area contributed by atoms with Crippen molar-refractivity contribution in [3.05, 3.63) is 82.3 Å². The van der Waals surface area contributed by atoms with Crippen molar-refractivity contribution in [3.8, 4) is 39.7 Å². The highest BCUT2D eigenvalue weighted by Crippen LogP contribution is 2.38. The van der Waals surface area contributed by atoms with E-state index in [0.29, 0.717) is 15.9 Å². The van der Waals surface area contributed by atoms with E-state index >= 15 is 0 Å². The number of methoxy groups -OCH3 is 1. The predicted molar refractivity (Wildman–Crippen MR) is 116 cm³/mol. The third-order valence-electron chi connectivity index (χ3n) is 4.66. The van der Waals surface area contributed by atoms with Crippen molar-refractivity contribution >= 4 is 23.2 Å². The van der Waals surface area contributed by atoms with Crippen LogP contribution in [0.5, 0.6) is 5.75 Å². The smallest absolute Gasteiger partial charge is 0.140 e. The number of ether oxygens (including phenoxy) is 1. The maximum absolute atomic E-state index is 6.49. The molecule has 0 aliphatic heterocycles. The molecular weight excluding hydrogens is 391 g/mol. The second kappa shape index (κ2) is 7.70. The Balaban J connectivity index is 1.96. The quantitative estimate of drug-likeness (QED) is 0.393. The van der Waals surface area contributed by atoms with Crippen LogP contribution in [-0.2, 0) is 0 Å². The van der Waals surface area contributed by atoms with Gasteiger partial charge in [0, 0.05) is 21.7 Å². The van der Waals surface area contributed by atoms with Crippen LogP contribution in [0.4, 0.5) is 0 Å². The number of rotatable bonds is 4. The Labute approximate surface area is 173 Å². The molecule has 4 aromatic rings. The summed E-state index contributed by atoms with van der Waals surface area (Å²) in [4.78, 5) is 8.31. The minimum atomic E-state index is 0.634. The van der Waals surface area contributed by atoms with Gasteiger partial charge in [-0.1, -0.05) is 65.7 Å². The van der Waals surface area contributed by atoms with Gasteiger partial charge in [-0.2, -0.15) is 0 Å². The van der Waals surface area contributed by atoms with Gasteiger partial charge >= 0.3 is 0 Å². The first kappa shape index (κ1) is 18.6. The summed E-state index contributed by atoms with van der Waals surface area (Å²) in [5, 5.41) is 1.28. The van der Waals surface area contributed by atoms with Gasteiger partial charge in [0.15, 0.2) is 0 Å². The van der Waals surface area contributed by atoms with Gasteiger partial charge in [0.25, 0.3) is 0 Å². The number of imidazole rings is 1. The Morgan fingerprint density at radius 1 is 0.857 bits per heavy atom. The number of nitrogens with one attached hydrogen (secondary N) is 1. The molecule has 0 atom stereocenters. The van der Waals surface area contributed by atoms with E-state index in [2.05, 4.69) is 4.98 Å². The summed E-state index contributed by atoms with van der Waals surface area (Å²) in [6, 6.07) is 21.4. The Morgan fingerprint density at radius 3 is 2.14 bits per heavy atom. The summed E-state index contributed by atoms with van der Waals surface area (Å²) in [7, 11) is 1.67. The fraction of sp³-hybridized carbons (Fsp3) is 0.0870. The maximum atomic E-state index is 6.49. The number of aryl methyl sites for hydroxylation is 1. The highest BCUT2D eigenvalue weighted by Gasteiger charge is 2.19. The Hall–Kier alpha value is -2.75. The standard InChI is InChI=1S/C23H18Cl2N2O/c1-14-11-12-15(13-20(14)28-2)21-22(16-7-3-5-9-18(16)24)27-23(26-21)17-8-4-6-10-19(17)25/h3-13H,1-2H3,(H,26,27). The summed E-state index contributed by atoms with van der Waals surface area (Å²) in [5.74, 6) is 1.50. The van der Waals surface area contributed by atoms with Crippen LogP contribution in [0.15, 0.2) is 66.7 Å². The average Bonchev–Trinajstić information content (AvgIpc) is 3.14. The van der Waals surface area contributed by atoms with Crippen molar-refractivity contribution in [3.63, 3.8) is 0 Å². The lowest BCUT2D eigenvalue weighted by molar-refractivity contribution is 0.412. The van der Waals surface area contributed by atoms with Crippen molar-refractivity contribution in [2.24, 2.45) is 0 Å². The van der Waals surface area contributed by atoms with Gasteiger partial charge in [-0.15, -0.1) is 0 Å². The molecular formula is C23H18Cl2N2O. The van der Waals surface area contributed by atoms with Crippen LogP contribution in [0.2, 0.25) is 10.0 Å². The molecule has 0 aliphatic carbocycles. The van der Waals surface area contributed by atoms with Crippen LogP contribution < -0.4 is 4.74 Å². The van der Waals surface area contributed by atoms with Crippen molar-refractivity contribution in [1.82, 2.24) is 9.97 Å². The number of H-pyrrole nitrogens is 1. The molecule has 0 aliphatic rings. The molecule has 1 heterocycles. The van der Waals surface area contributed by atoms with Crippen LogP contribution in [0, 0.1) is 6.92 Å². The van der Waals surface area contributed by atoms with Gasteiger partial charge < -0.3 is 9.72 Å². The van der Waals surface area contributed by atoms with Crippen molar-refractivity contribution in [1.29, 1.82) is 0 Å². The van der Waals surface area contributed by atoms with Crippen LogP contribution in [-0.4, -0.2) is 17.1 Å². The normalized spacial score (nSPS) is 10.9. The predicted octanol–water partition coefficient (Wildman–Crippen LogP) is 7.03. The molecule has 4 rings (SSSR count). The SMILES string of the molecule is COc1cc(-c2nc(-c3ccccc3Cl)[nH]c2-c2ccccc2Cl)ccc1C. The monoisotopic (exact) mass is 408 g/mol. The summed E-state index contributed by atoms with van der Waals surface area (Å²) in [6.07, 6.45) is 0. The summed E-state index contributed by atoms with van der Waals surface area (Å²) in [6.45, 7) is 2.01. The lowest BCUT2D eigenvalue weighted by atomic mass is 10.0. The maximum Gasteiger partial charge on any atom is 0.140 e. The lowest BCUT2D eigenvalue weighted by Crippen LogP contribution is -1.90. The van der Waals surface area contributed by atoms with Crippen LogP contribution in [0.3, 0.4) is 0 Å². The molecule has 0 spiro atoms. The summed E-state index contributed by atoms with van der Waals surface area (Å²) < 4.78 is 5.50. The summed E-state index contributed by atoms with van der Waals surface area (Å²) in [5.41, 5.74) is 5.35. The zero-order valence-electron chi connectivity index (χ0n) is 15.5. The van der Waals surface area contributed by atoms with E-state index in [1.165, 1.54) is 0 Å². The van der Waals surface area contributed by atoms with Crippen molar-refractivity contribution < 1.29 is 4.74 Å². The molecule has 0 radical (unpaired) electrons. The first-order chi connectivity index (χ1) is 13.6. The molecule has 0 fully saturated rings. The van der Waals surface area contributed by atoms with E-state index < -0.39 is 0 Å². The first-order valence-corrected chi connectivity index (χ1v) is 9.59. The fourth-order valence-corrected chi connectivity index (χ4v) is 3.64. The Bertz CT molecular complexity index is 1150. The van der Waals surface area contributed by atoms with Gasteiger partial charge in [-0.3, -0.25) is 0 Å². The Kier molecular flexibility index (Phi) is 5.12. The Morgan fingerprint density at radius 2 is 1.50 bits per heavy atom. The minimum absolute atomic E-state index is 0.634. The molecule has 0 unspecified atom stereocenters. The van der Waals surface area contributed by atoms with E-state index in [1.807, 2.05) is 73.7 Å². The van der Waals surface area contributed by atoms with Gasteiger partial charge in [-0.05, 0) is 36.8 Å². The molecule has 140 valence electrons. The van der Waals surface area contributed by atoms with E-state index in [1.54, 1.807) is 7.11 Å². The molecule has 0 bridgehead atoms. The third kappa shape index (κ3) is 3.39. The highest BCUT2D eigenvalue weighted by molar-refractivity contribution is 6.34. The third-order valence-corrected chi connectivity index (χ3v) is 5.32. The van der Waals surface area contributed by atoms with Crippen molar-refractivity contribution in [2.75, 3.05) is 7.11 Å². The highest BCUT2D eigenvalue weighted by atomic mass is 35.5. The molecule has 0 saturated heterocycles. The second-order valence-corrected chi connectivity index (χ2v) is 7.27. The molecule has 1 N–H and O–H groups in total. The molecule has 0 saturated carbocycles. The minimum Gasteiger partial charge on any atom is -0.496 e. The van der Waals surface area contributed by atoms with Crippen LogP contribution in [0.25, 0.3) is 33.9 Å². The molecule has 3 nitrogen and oxygen atoms in total. The second-order valence-electron chi connectivity index (χ2n) is 6.45. The van der Waals surface area contributed by atoms with E-state index in [0.717, 1.165) is 39.4 Å². The van der Waals surface area contributed by atoms with Gasteiger partial charge in [-0.25, -0.2) is 4.98 Å². The van der Waals surface area contributed by atoms with E-state index in [4.69, 9.17) is 32.9 Å². The zero-order valence-corrected chi connectivity index (χ0v) is 17.0. The first-order valence-electron chi connectivity index (χ1n) is 8.83. The van der Waals surface area contributed by atoms with Crippen LogP contribution in [0.1, 0.15) is 5.56 Å². The molecule has 28 heavy (non-hydrogen) atoms. The molecule has 1 aromatic heterocycles. The molecule has 3 aromatic carbocycles. The average molecular weight is 409 g/mol. The number of nitrogens with zero attached hydrogens (tertiary/aromatic N) is 1. The van der Waals surface area contributed by atoms with Crippen LogP contribution >= 0.6 is 23.2 Å². The lowest BCUT2D eigenvalue weighted by Gasteiger charge is -2.08. The number of hydrogen-bond acceptors (Lipinski definition) is 2. The molecule has 5 heteroatoms. The summed E-state index contributed by atoms with van der Waals surface area (Å²) >= 11 is 12.9. The topological polar surface area (TPSA) is 37.9 Å². The number of aromatic amines is 1. The van der Waals surface area contributed by atoms with Gasteiger partial charge in [0.1, 0.15) is 11.6 Å². The van der Waals surface area contributed by atoms with E-state index in [9.17, 15) is 0 Å². The zero-order chi connectivity index (χ0) is 19.7. The van der Waals surface area contributed by atoms with Crippen molar-refractivity contribution in [2.45, 2.75) is 6.92 Å². The van der Waals surface area contributed by atoms with Gasteiger partial charge in [0.2, 0.25) is 0 Å². The fourth-order valence-electron chi connectivity index (χ4n) is 3.19. The number of benzene rings is 3. The number of aromatic nitrogens is 2. The largest absolute Gasteiger partial charge is 0.496 e.